The van der Waals surface area contributed by atoms with E-state index in [9.17, 15) is 4.79 Å². The van der Waals surface area contributed by atoms with E-state index in [0.29, 0.717) is 17.2 Å². The van der Waals surface area contributed by atoms with E-state index < -0.39 is 6.10 Å². The van der Waals surface area contributed by atoms with Gasteiger partial charge in [0.25, 0.3) is 5.91 Å². The van der Waals surface area contributed by atoms with Crippen molar-refractivity contribution in [1.82, 2.24) is 5.48 Å². The molecule has 4 nitrogen and oxygen atoms in total. The van der Waals surface area contributed by atoms with E-state index in [1.165, 1.54) is 6.42 Å². The van der Waals surface area contributed by atoms with Crippen LogP contribution in [0.2, 0.25) is 5.02 Å². The van der Waals surface area contributed by atoms with Crippen molar-refractivity contribution in [3.05, 3.63) is 29.3 Å². The third-order valence-corrected chi connectivity index (χ3v) is 3.83. The SMILES string of the molecule is CCCC[C@H](Oc1ccc(Cl)cc1)C(=O)NOC1CCC1. The average molecular weight is 312 g/mol. The Balaban J connectivity index is 1.88. The fourth-order valence-electron chi connectivity index (χ4n) is 2.01. The van der Waals surface area contributed by atoms with Crippen LogP contribution in [0.5, 0.6) is 5.75 Å². The highest BCUT2D eigenvalue weighted by Crippen LogP contribution is 2.21. The van der Waals surface area contributed by atoms with Gasteiger partial charge in [0.1, 0.15) is 5.75 Å². The predicted molar refractivity (Wildman–Crippen MR) is 82.3 cm³/mol. The highest BCUT2D eigenvalue weighted by Gasteiger charge is 2.24. The molecule has 0 heterocycles. The highest BCUT2D eigenvalue weighted by atomic mass is 35.5. The lowest BCUT2D eigenvalue weighted by molar-refractivity contribution is -0.150. The van der Waals surface area contributed by atoms with Crippen LogP contribution in [-0.2, 0) is 9.63 Å². The smallest absolute Gasteiger partial charge is 0.284 e. The van der Waals surface area contributed by atoms with Crippen LogP contribution in [0.3, 0.4) is 0 Å². The number of ether oxygens (including phenoxy) is 1. The van der Waals surface area contributed by atoms with Gasteiger partial charge in [-0.2, -0.15) is 0 Å². The van der Waals surface area contributed by atoms with E-state index in [2.05, 4.69) is 12.4 Å². The van der Waals surface area contributed by atoms with Gasteiger partial charge in [0.05, 0.1) is 6.10 Å². The fraction of sp³-hybridized carbons (Fsp3) is 0.562. The molecule has 1 saturated carbocycles. The van der Waals surface area contributed by atoms with Crippen LogP contribution in [0.4, 0.5) is 0 Å². The molecule has 116 valence electrons. The van der Waals surface area contributed by atoms with Crippen LogP contribution in [0.25, 0.3) is 0 Å². The number of rotatable bonds is 8. The molecule has 21 heavy (non-hydrogen) atoms. The predicted octanol–water partition coefficient (Wildman–Crippen LogP) is 3.88. The molecule has 2 rings (SSSR count). The number of amides is 1. The number of nitrogens with one attached hydrogen (secondary N) is 1. The van der Waals surface area contributed by atoms with Crippen molar-refractivity contribution in [3.8, 4) is 5.75 Å². The zero-order valence-corrected chi connectivity index (χ0v) is 13.1. The highest BCUT2D eigenvalue weighted by molar-refractivity contribution is 6.30. The number of hydroxylamine groups is 1. The van der Waals surface area contributed by atoms with Crippen molar-refractivity contribution in [2.45, 2.75) is 57.7 Å². The van der Waals surface area contributed by atoms with Crippen molar-refractivity contribution in [1.29, 1.82) is 0 Å². The molecular weight excluding hydrogens is 290 g/mol. The maximum atomic E-state index is 12.2. The Kier molecular flexibility index (Phi) is 6.33. The number of hydrogen-bond acceptors (Lipinski definition) is 3. The molecular formula is C16H22ClNO3. The Hall–Kier alpha value is -1.26. The average Bonchev–Trinajstić information content (AvgIpc) is 2.43. The Bertz CT molecular complexity index is 445. The summed E-state index contributed by atoms with van der Waals surface area (Å²) in [6, 6.07) is 7.02. The van der Waals surface area contributed by atoms with Crippen molar-refractivity contribution in [2.75, 3.05) is 0 Å². The molecule has 0 spiro atoms. The molecule has 0 aliphatic heterocycles. The second kappa shape index (κ2) is 8.25. The topological polar surface area (TPSA) is 47.6 Å². The van der Waals surface area contributed by atoms with E-state index in [-0.39, 0.29) is 12.0 Å². The largest absolute Gasteiger partial charge is 0.481 e. The molecule has 1 amide bonds. The molecule has 1 aromatic rings. The minimum absolute atomic E-state index is 0.163. The molecule has 1 aliphatic rings. The van der Waals surface area contributed by atoms with Gasteiger partial charge in [-0.15, -0.1) is 0 Å². The summed E-state index contributed by atoms with van der Waals surface area (Å²) < 4.78 is 5.77. The van der Waals surface area contributed by atoms with Gasteiger partial charge < -0.3 is 4.74 Å². The maximum Gasteiger partial charge on any atom is 0.284 e. The van der Waals surface area contributed by atoms with Crippen LogP contribution in [-0.4, -0.2) is 18.1 Å². The van der Waals surface area contributed by atoms with E-state index >= 15 is 0 Å². The molecule has 1 atom stereocenters. The first kappa shape index (κ1) is 16.1. The summed E-state index contributed by atoms with van der Waals surface area (Å²) in [5, 5.41) is 0.644. The molecule has 0 saturated heterocycles. The summed E-state index contributed by atoms with van der Waals surface area (Å²) in [5.41, 5.74) is 2.54. The second-order valence-electron chi connectivity index (χ2n) is 5.34. The van der Waals surface area contributed by atoms with E-state index in [0.717, 1.165) is 25.7 Å². The Morgan fingerprint density at radius 1 is 1.38 bits per heavy atom. The first-order valence-electron chi connectivity index (χ1n) is 7.56. The van der Waals surface area contributed by atoms with Crippen molar-refractivity contribution in [2.24, 2.45) is 0 Å². The zero-order valence-electron chi connectivity index (χ0n) is 12.3. The minimum Gasteiger partial charge on any atom is -0.481 e. The number of hydrogen-bond donors (Lipinski definition) is 1. The van der Waals surface area contributed by atoms with Gasteiger partial charge >= 0.3 is 0 Å². The van der Waals surface area contributed by atoms with Crippen LogP contribution >= 0.6 is 11.6 Å². The summed E-state index contributed by atoms with van der Waals surface area (Å²) >= 11 is 5.85. The van der Waals surface area contributed by atoms with Gasteiger partial charge in [0, 0.05) is 5.02 Å². The van der Waals surface area contributed by atoms with E-state index in [1.54, 1.807) is 24.3 Å². The van der Waals surface area contributed by atoms with Crippen LogP contribution in [0.15, 0.2) is 24.3 Å². The monoisotopic (exact) mass is 311 g/mol. The normalized spacial score (nSPS) is 16.1. The molecule has 0 radical (unpaired) electrons. The molecule has 5 heteroatoms. The number of carbonyl (C=O) groups excluding carboxylic acids is 1. The Morgan fingerprint density at radius 2 is 2.10 bits per heavy atom. The molecule has 0 bridgehead atoms. The second-order valence-corrected chi connectivity index (χ2v) is 5.78. The van der Waals surface area contributed by atoms with Crippen molar-refractivity contribution in [3.63, 3.8) is 0 Å². The standard InChI is InChI=1S/C16H22ClNO3/c1-2-3-7-15(16(19)18-21-14-5-4-6-14)20-13-10-8-12(17)9-11-13/h8-11,14-15H,2-7H2,1H3,(H,18,19)/t15-/m0/s1. The van der Waals surface area contributed by atoms with E-state index in [1.807, 2.05) is 0 Å². The summed E-state index contributed by atoms with van der Waals surface area (Å²) in [6.07, 6.45) is 5.42. The van der Waals surface area contributed by atoms with Gasteiger partial charge in [-0.25, -0.2) is 5.48 Å². The summed E-state index contributed by atoms with van der Waals surface area (Å²) in [6.45, 7) is 2.09. The van der Waals surface area contributed by atoms with Crippen LogP contribution < -0.4 is 10.2 Å². The lowest BCUT2D eigenvalue weighted by atomic mass is 9.97. The van der Waals surface area contributed by atoms with Gasteiger partial charge in [-0.1, -0.05) is 24.9 Å². The molecule has 0 aromatic heterocycles. The van der Waals surface area contributed by atoms with Crippen molar-refractivity contribution < 1.29 is 14.4 Å². The molecule has 0 unspecified atom stereocenters. The number of unbranched alkanes of at least 4 members (excludes halogenated alkanes) is 1. The van der Waals surface area contributed by atoms with Gasteiger partial charge in [0.2, 0.25) is 0 Å². The molecule has 1 N–H and O–H groups in total. The maximum absolute atomic E-state index is 12.2. The van der Waals surface area contributed by atoms with E-state index in [4.69, 9.17) is 21.2 Å². The van der Waals surface area contributed by atoms with Gasteiger partial charge in [-0.3, -0.25) is 9.63 Å². The van der Waals surface area contributed by atoms with Gasteiger partial charge in [0.15, 0.2) is 6.10 Å². The van der Waals surface area contributed by atoms with Crippen molar-refractivity contribution >= 4 is 17.5 Å². The number of halogens is 1. The number of benzene rings is 1. The summed E-state index contributed by atoms with van der Waals surface area (Å²) in [7, 11) is 0. The lowest BCUT2D eigenvalue weighted by Gasteiger charge is -2.26. The summed E-state index contributed by atoms with van der Waals surface area (Å²) in [4.78, 5) is 17.5. The quantitative estimate of drug-likeness (QED) is 0.741. The van der Waals surface area contributed by atoms with Gasteiger partial charge in [-0.05, 0) is 56.4 Å². The third kappa shape index (κ3) is 5.21. The lowest BCUT2D eigenvalue weighted by Crippen LogP contribution is -2.41. The molecule has 1 aliphatic carbocycles. The van der Waals surface area contributed by atoms with Crippen LogP contribution in [0, 0.1) is 0 Å². The fourth-order valence-corrected chi connectivity index (χ4v) is 2.13. The van der Waals surface area contributed by atoms with Crippen LogP contribution in [0.1, 0.15) is 45.4 Å². The third-order valence-electron chi connectivity index (χ3n) is 3.58. The molecule has 1 aromatic carbocycles. The first-order valence-corrected chi connectivity index (χ1v) is 7.94. The first-order chi connectivity index (χ1) is 10.2. The zero-order chi connectivity index (χ0) is 15.1. The minimum atomic E-state index is -0.536. The molecule has 1 fully saturated rings. The Labute approximate surface area is 130 Å². The number of carbonyl (C=O) groups is 1. The Morgan fingerprint density at radius 3 is 2.67 bits per heavy atom. The summed E-state index contributed by atoms with van der Waals surface area (Å²) in [5.74, 6) is 0.421.